The van der Waals surface area contributed by atoms with E-state index in [2.05, 4.69) is 9.97 Å². The molecule has 3 rings (SSSR count). The van der Waals surface area contributed by atoms with E-state index in [-0.39, 0.29) is 11.7 Å². The molecule has 0 aromatic carbocycles. The summed E-state index contributed by atoms with van der Waals surface area (Å²) in [4.78, 5) is 33.6. The Morgan fingerprint density at radius 2 is 2.00 bits per heavy atom. The van der Waals surface area contributed by atoms with Crippen molar-refractivity contribution in [1.82, 2.24) is 23.7 Å². The third-order valence-corrected chi connectivity index (χ3v) is 4.77. The van der Waals surface area contributed by atoms with Gasteiger partial charge in [-0.15, -0.1) is 0 Å². The predicted molar refractivity (Wildman–Crippen MR) is 97.3 cm³/mol. The number of fused-ring (bicyclic) bond motifs is 1. The van der Waals surface area contributed by atoms with E-state index >= 15 is 0 Å². The standard InChI is InChI=1S/C18H23N5O3/c1-5-13(6-2)23-16-15(7-12(8-20-16)17(24)26-4)22(18(23)25)10-14-9-19-11-21(14)3/h7-9,11,13H,5-6,10H2,1-4H3. The highest BCUT2D eigenvalue weighted by Gasteiger charge is 2.21. The maximum Gasteiger partial charge on any atom is 0.339 e. The summed E-state index contributed by atoms with van der Waals surface area (Å²) >= 11 is 0. The number of aryl methyl sites for hydroxylation is 1. The first-order valence-electron chi connectivity index (χ1n) is 8.66. The summed E-state index contributed by atoms with van der Waals surface area (Å²) in [7, 11) is 3.20. The number of esters is 1. The van der Waals surface area contributed by atoms with Crippen LogP contribution >= 0.6 is 0 Å². The fraction of sp³-hybridized carbons (Fsp3) is 0.444. The summed E-state index contributed by atoms with van der Waals surface area (Å²) in [6.45, 7) is 4.45. The van der Waals surface area contributed by atoms with E-state index < -0.39 is 5.97 Å². The van der Waals surface area contributed by atoms with Gasteiger partial charge < -0.3 is 9.30 Å². The van der Waals surface area contributed by atoms with Crippen molar-refractivity contribution in [1.29, 1.82) is 0 Å². The number of rotatable bonds is 6. The van der Waals surface area contributed by atoms with Crippen LogP contribution in [0.5, 0.6) is 0 Å². The normalized spacial score (nSPS) is 11.4. The summed E-state index contributed by atoms with van der Waals surface area (Å²) in [6.07, 6.45) is 6.52. The smallest absolute Gasteiger partial charge is 0.339 e. The molecule has 26 heavy (non-hydrogen) atoms. The Kier molecular flexibility index (Phi) is 4.92. The second kappa shape index (κ2) is 7.15. The minimum Gasteiger partial charge on any atom is -0.465 e. The first-order chi connectivity index (χ1) is 12.5. The number of imidazole rings is 2. The lowest BCUT2D eigenvalue weighted by atomic mass is 10.1. The van der Waals surface area contributed by atoms with Crippen LogP contribution in [0.15, 0.2) is 29.6 Å². The molecule has 0 N–H and O–H groups in total. The van der Waals surface area contributed by atoms with Crippen molar-refractivity contribution in [3.05, 3.63) is 46.5 Å². The van der Waals surface area contributed by atoms with Gasteiger partial charge in [0, 0.05) is 25.5 Å². The molecule has 3 aromatic rings. The molecule has 0 saturated heterocycles. The fourth-order valence-corrected chi connectivity index (χ4v) is 3.22. The topological polar surface area (TPSA) is 83.9 Å². The van der Waals surface area contributed by atoms with Gasteiger partial charge in [-0.25, -0.2) is 19.6 Å². The lowest BCUT2D eigenvalue weighted by molar-refractivity contribution is 0.0600. The highest BCUT2D eigenvalue weighted by molar-refractivity contribution is 5.92. The molecule has 8 heteroatoms. The molecular formula is C18H23N5O3. The van der Waals surface area contributed by atoms with Crippen LogP contribution in [0.2, 0.25) is 0 Å². The predicted octanol–water partition coefficient (Wildman–Crippen LogP) is 2.13. The maximum atomic E-state index is 13.2. The van der Waals surface area contributed by atoms with Gasteiger partial charge in [0.25, 0.3) is 0 Å². The average molecular weight is 357 g/mol. The van der Waals surface area contributed by atoms with E-state index in [0.717, 1.165) is 18.5 Å². The van der Waals surface area contributed by atoms with Crippen LogP contribution < -0.4 is 5.69 Å². The molecule has 138 valence electrons. The van der Waals surface area contributed by atoms with Gasteiger partial charge >= 0.3 is 11.7 Å². The van der Waals surface area contributed by atoms with Crippen molar-refractivity contribution in [3.63, 3.8) is 0 Å². The van der Waals surface area contributed by atoms with Gasteiger partial charge in [0.2, 0.25) is 0 Å². The Bertz CT molecular complexity index is 994. The van der Waals surface area contributed by atoms with Crippen LogP contribution in [-0.2, 0) is 18.3 Å². The highest BCUT2D eigenvalue weighted by atomic mass is 16.5. The van der Waals surface area contributed by atoms with Crippen molar-refractivity contribution < 1.29 is 9.53 Å². The molecule has 0 aliphatic carbocycles. The number of carbonyl (C=O) groups is 1. The van der Waals surface area contributed by atoms with Gasteiger partial charge in [-0.05, 0) is 18.9 Å². The Balaban J connectivity index is 2.25. The van der Waals surface area contributed by atoms with Crippen molar-refractivity contribution >= 4 is 17.1 Å². The van der Waals surface area contributed by atoms with Crippen molar-refractivity contribution in [3.8, 4) is 0 Å². The molecule has 0 saturated carbocycles. The van der Waals surface area contributed by atoms with Crippen LogP contribution in [-0.4, -0.2) is 36.7 Å². The average Bonchev–Trinajstić information content (AvgIpc) is 3.18. The minimum absolute atomic E-state index is 0.0502. The number of hydrogen-bond acceptors (Lipinski definition) is 5. The van der Waals surface area contributed by atoms with Crippen molar-refractivity contribution in [2.24, 2.45) is 7.05 Å². The summed E-state index contributed by atoms with van der Waals surface area (Å²) in [5.41, 5.74) is 2.27. The zero-order chi connectivity index (χ0) is 18.8. The number of nitrogens with zero attached hydrogens (tertiary/aromatic N) is 5. The second-order valence-electron chi connectivity index (χ2n) is 6.26. The molecule has 0 spiro atoms. The summed E-state index contributed by atoms with van der Waals surface area (Å²) in [5, 5.41) is 0. The van der Waals surface area contributed by atoms with Crippen LogP contribution in [0.4, 0.5) is 0 Å². The summed E-state index contributed by atoms with van der Waals surface area (Å²) in [5.74, 6) is -0.478. The quantitative estimate of drug-likeness (QED) is 0.631. The number of pyridine rings is 1. The minimum atomic E-state index is -0.478. The van der Waals surface area contributed by atoms with E-state index in [1.807, 2.05) is 25.5 Å². The van der Waals surface area contributed by atoms with Crippen LogP contribution in [0.3, 0.4) is 0 Å². The Morgan fingerprint density at radius 1 is 1.27 bits per heavy atom. The molecule has 0 aliphatic heterocycles. The molecule has 3 aromatic heterocycles. The molecule has 0 atom stereocenters. The Labute approximate surface area is 151 Å². The van der Waals surface area contributed by atoms with Gasteiger partial charge in [-0.1, -0.05) is 13.8 Å². The van der Waals surface area contributed by atoms with Crippen LogP contribution in [0.1, 0.15) is 48.8 Å². The molecule has 0 bridgehead atoms. The van der Waals surface area contributed by atoms with Gasteiger partial charge in [0.15, 0.2) is 5.65 Å². The zero-order valence-corrected chi connectivity index (χ0v) is 15.5. The third kappa shape index (κ3) is 2.91. The van der Waals surface area contributed by atoms with Crippen molar-refractivity contribution in [2.75, 3.05) is 7.11 Å². The third-order valence-electron chi connectivity index (χ3n) is 4.77. The molecular weight excluding hydrogens is 334 g/mol. The zero-order valence-electron chi connectivity index (χ0n) is 15.5. The van der Waals surface area contributed by atoms with E-state index in [1.165, 1.54) is 13.3 Å². The highest BCUT2D eigenvalue weighted by Crippen LogP contribution is 2.22. The van der Waals surface area contributed by atoms with E-state index in [9.17, 15) is 9.59 Å². The Morgan fingerprint density at radius 3 is 2.58 bits per heavy atom. The first-order valence-corrected chi connectivity index (χ1v) is 8.66. The number of hydrogen-bond donors (Lipinski definition) is 0. The van der Waals surface area contributed by atoms with Crippen molar-refractivity contribution in [2.45, 2.75) is 39.3 Å². The molecule has 8 nitrogen and oxygen atoms in total. The van der Waals surface area contributed by atoms with Gasteiger partial charge in [-0.2, -0.15) is 0 Å². The molecule has 0 amide bonds. The van der Waals surface area contributed by atoms with Gasteiger partial charge in [-0.3, -0.25) is 9.13 Å². The summed E-state index contributed by atoms with van der Waals surface area (Å²) in [6, 6.07) is 1.72. The largest absolute Gasteiger partial charge is 0.465 e. The number of aromatic nitrogens is 5. The first kappa shape index (κ1) is 17.9. The maximum absolute atomic E-state index is 13.2. The number of carbonyl (C=O) groups excluding carboxylic acids is 1. The molecule has 0 unspecified atom stereocenters. The lowest BCUT2D eigenvalue weighted by Gasteiger charge is -2.13. The van der Waals surface area contributed by atoms with E-state index in [0.29, 0.717) is 23.3 Å². The molecule has 3 heterocycles. The number of ether oxygens (including phenoxy) is 1. The van der Waals surface area contributed by atoms with E-state index in [4.69, 9.17) is 4.74 Å². The van der Waals surface area contributed by atoms with Crippen LogP contribution in [0, 0.1) is 0 Å². The summed E-state index contributed by atoms with van der Waals surface area (Å²) < 4.78 is 10.0. The van der Waals surface area contributed by atoms with Gasteiger partial charge in [0.1, 0.15) is 0 Å². The molecule has 0 radical (unpaired) electrons. The van der Waals surface area contributed by atoms with Gasteiger partial charge in [0.05, 0.1) is 36.8 Å². The SMILES string of the molecule is CCC(CC)n1c(=O)n(Cc2cncn2C)c2cc(C(=O)OC)cnc21. The number of methoxy groups -OCH3 is 1. The lowest BCUT2D eigenvalue weighted by Crippen LogP contribution is -2.28. The Hall–Kier alpha value is -2.90. The second-order valence-corrected chi connectivity index (χ2v) is 6.26. The molecule has 0 aliphatic rings. The molecule has 0 fully saturated rings. The van der Waals surface area contributed by atoms with Crippen LogP contribution in [0.25, 0.3) is 11.2 Å². The monoisotopic (exact) mass is 357 g/mol. The fourth-order valence-electron chi connectivity index (χ4n) is 3.22. The van der Waals surface area contributed by atoms with E-state index in [1.54, 1.807) is 27.7 Å².